The van der Waals surface area contributed by atoms with Gasteiger partial charge in [0.05, 0.1) is 10.0 Å². The highest BCUT2D eigenvalue weighted by atomic mass is 35.5. The number of nitrogens with one attached hydrogen (secondary N) is 1. The van der Waals surface area contributed by atoms with Crippen molar-refractivity contribution in [1.29, 1.82) is 0 Å². The number of amides is 1. The van der Waals surface area contributed by atoms with Crippen LogP contribution in [0.2, 0.25) is 10.0 Å². The summed E-state index contributed by atoms with van der Waals surface area (Å²) in [5.74, 6) is 0.214. The summed E-state index contributed by atoms with van der Waals surface area (Å²) in [4.78, 5) is 15.1. The molecule has 0 bridgehead atoms. The van der Waals surface area contributed by atoms with Crippen molar-refractivity contribution < 1.29 is 9.53 Å². The van der Waals surface area contributed by atoms with Crippen LogP contribution in [0, 0.1) is 0 Å². The van der Waals surface area contributed by atoms with E-state index < -0.39 is 0 Å². The standard InChI is InChI=1S/C24H36Cl2N4O2/c1-4-6-8-14-29(15-9-7-5-2)17-19(3)27-24(31)22-13-16-30(28-22)18-32-23-20(25)11-10-12-21(23)26/h10-13,16,19H,4-9,14-15,17-18H2,1-3H3,(H,27,31). The molecule has 32 heavy (non-hydrogen) atoms. The average molecular weight is 483 g/mol. The summed E-state index contributed by atoms with van der Waals surface area (Å²) in [7, 11) is 0. The number of aromatic nitrogens is 2. The highest BCUT2D eigenvalue weighted by Crippen LogP contribution is 2.32. The third-order valence-corrected chi connectivity index (χ3v) is 5.79. The van der Waals surface area contributed by atoms with Crippen LogP contribution in [0.25, 0.3) is 0 Å². The first-order chi connectivity index (χ1) is 15.4. The first kappa shape index (κ1) is 26.5. The largest absolute Gasteiger partial charge is 0.468 e. The van der Waals surface area contributed by atoms with Gasteiger partial charge in [0.2, 0.25) is 0 Å². The molecule has 0 spiro atoms. The smallest absolute Gasteiger partial charge is 0.272 e. The molecular weight excluding hydrogens is 447 g/mol. The van der Waals surface area contributed by atoms with E-state index in [9.17, 15) is 4.79 Å². The van der Waals surface area contributed by atoms with Gasteiger partial charge in [-0.3, -0.25) is 4.79 Å². The third-order valence-electron chi connectivity index (χ3n) is 5.20. The van der Waals surface area contributed by atoms with Gasteiger partial charge < -0.3 is 15.0 Å². The summed E-state index contributed by atoms with van der Waals surface area (Å²) in [6.45, 7) is 9.59. The second kappa shape index (κ2) is 14.4. The Labute approximate surface area is 202 Å². The van der Waals surface area contributed by atoms with E-state index in [2.05, 4.69) is 29.2 Å². The maximum Gasteiger partial charge on any atom is 0.272 e. The number of para-hydroxylation sites is 1. The van der Waals surface area contributed by atoms with Gasteiger partial charge in [-0.2, -0.15) is 5.10 Å². The van der Waals surface area contributed by atoms with Crippen molar-refractivity contribution in [2.75, 3.05) is 19.6 Å². The van der Waals surface area contributed by atoms with Crippen molar-refractivity contribution in [1.82, 2.24) is 20.0 Å². The van der Waals surface area contributed by atoms with Crippen LogP contribution in [0.15, 0.2) is 30.5 Å². The average Bonchev–Trinajstić information content (AvgIpc) is 3.23. The van der Waals surface area contributed by atoms with Crippen molar-refractivity contribution in [3.8, 4) is 5.75 Å². The van der Waals surface area contributed by atoms with Gasteiger partial charge in [0.1, 0.15) is 5.69 Å². The lowest BCUT2D eigenvalue weighted by molar-refractivity contribution is 0.0921. The number of rotatable bonds is 15. The number of benzene rings is 1. The Balaban J connectivity index is 1.86. The lowest BCUT2D eigenvalue weighted by Gasteiger charge is -2.26. The molecule has 1 atom stereocenters. The predicted molar refractivity (Wildman–Crippen MR) is 132 cm³/mol. The molecule has 0 aliphatic carbocycles. The fourth-order valence-corrected chi connectivity index (χ4v) is 4.01. The van der Waals surface area contributed by atoms with Gasteiger partial charge in [-0.05, 0) is 51.1 Å². The number of unbranched alkanes of at least 4 members (excludes halogenated alkanes) is 4. The monoisotopic (exact) mass is 482 g/mol. The molecule has 0 fully saturated rings. The molecule has 178 valence electrons. The van der Waals surface area contributed by atoms with Gasteiger partial charge in [0, 0.05) is 18.8 Å². The summed E-state index contributed by atoms with van der Waals surface area (Å²) in [6.07, 6.45) is 9.00. The Morgan fingerprint density at radius 2 is 1.72 bits per heavy atom. The van der Waals surface area contributed by atoms with E-state index in [4.69, 9.17) is 27.9 Å². The van der Waals surface area contributed by atoms with Crippen LogP contribution in [0.1, 0.15) is 69.8 Å². The van der Waals surface area contributed by atoms with Crippen LogP contribution in [-0.4, -0.2) is 46.3 Å². The Morgan fingerprint density at radius 1 is 1.09 bits per heavy atom. The number of hydrogen-bond acceptors (Lipinski definition) is 4. The molecule has 1 N–H and O–H groups in total. The first-order valence-electron chi connectivity index (χ1n) is 11.6. The van der Waals surface area contributed by atoms with E-state index in [-0.39, 0.29) is 18.7 Å². The van der Waals surface area contributed by atoms with Crippen molar-refractivity contribution in [2.45, 2.75) is 72.1 Å². The maximum atomic E-state index is 12.7. The minimum Gasteiger partial charge on any atom is -0.468 e. The summed E-state index contributed by atoms with van der Waals surface area (Å²) < 4.78 is 7.21. The lowest BCUT2D eigenvalue weighted by atomic mass is 10.2. The Kier molecular flexibility index (Phi) is 11.9. The zero-order valence-corrected chi connectivity index (χ0v) is 21.0. The van der Waals surface area contributed by atoms with Gasteiger partial charge in [-0.1, -0.05) is 68.8 Å². The quantitative estimate of drug-likeness (QED) is 0.315. The van der Waals surface area contributed by atoms with Crippen LogP contribution in [0.4, 0.5) is 0 Å². The Hall–Kier alpha value is -1.76. The molecule has 8 heteroatoms. The summed E-state index contributed by atoms with van der Waals surface area (Å²) in [5.41, 5.74) is 0.356. The van der Waals surface area contributed by atoms with E-state index >= 15 is 0 Å². The maximum absolute atomic E-state index is 12.7. The summed E-state index contributed by atoms with van der Waals surface area (Å²) >= 11 is 12.2. The number of nitrogens with zero attached hydrogens (tertiary/aromatic N) is 3. The molecule has 1 amide bonds. The zero-order valence-electron chi connectivity index (χ0n) is 19.4. The van der Waals surface area contributed by atoms with Crippen LogP contribution >= 0.6 is 23.2 Å². The van der Waals surface area contributed by atoms with E-state index in [1.165, 1.54) is 38.5 Å². The van der Waals surface area contributed by atoms with Crippen molar-refractivity contribution >= 4 is 29.1 Å². The number of ether oxygens (including phenoxy) is 1. The molecule has 2 aromatic rings. The second-order valence-corrected chi connectivity index (χ2v) is 8.97. The van der Waals surface area contributed by atoms with Gasteiger partial charge in [0.25, 0.3) is 5.91 Å². The molecule has 1 aromatic heterocycles. The van der Waals surface area contributed by atoms with Gasteiger partial charge in [-0.25, -0.2) is 4.68 Å². The van der Waals surface area contributed by atoms with E-state index in [1.54, 1.807) is 35.1 Å². The molecule has 6 nitrogen and oxygen atoms in total. The first-order valence-corrected chi connectivity index (χ1v) is 12.3. The number of carbonyl (C=O) groups is 1. The van der Waals surface area contributed by atoms with Gasteiger partial charge in [-0.15, -0.1) is 0 Å². The van der Waals surface area contributed by atoms with Crippen molar-refractivity contribution in [3.63, 3.8) is 0 Å². The third kappa shape index (κ3) is 9.00. The number of hydrogen-bond donors (Lipinski definition) is 1. The molecule has 2 rings (SSSR count). The number of halogens is 2. The van der Waals surface area contributed by atoms with Gasteiger partial charge in [0.15, 0.2) is 12.5 Å². The van der Waals surface area contributed by atoms with Crippen LogP contribution in [-0.2, 0) is 6.73 Å². The molecule has 0 saturated heterocycles. The molecule has 1 aromatic carbocycles. The van der Waals surface area contributed by atoms with Crippen LogP contribution in [0.5, 0.6) is 5.75 Å². The minimum absolute atomic E-state index is 0.0362. The fraction of sp³-hybridized carbons (Fsp3) is 0.583. The van der Waals surface area contributed by atoms with E-state index in [0.717, 1.165) is 19.6 Å². The van der Waals surface area contributed by atoms with Gasteiger partial charge >= 0.3 is 0 Å². The van der Waals surface area contributed by atoms with Crippen molar-refractivity contribution in [3.05, 3.63) is 46.2 Å². The van der Waals surface area contributed by atoms with Crippen molar-refractivity contribution in [2.24, 2.45) is 0 Å². The minimum atomic E-state index is -0.186. The zero-order chi connectivity index (χ0) is 23.3. The lowest BCUT2D eigenvalue weighted by Crippen LogP contribution is -2.42. The fourth-order valence-electron chi connectivity index (χ4n) is 3.50. The second-order valence-electron chi connectivity index (χ2n) is 8.15. The molecular formula is C24H36Cl2N4O2. The molecule has 0 saturated carbocycles. The molecule has 0 aliphatic heterocycles. The molecule has 0 aliphatic rings. The topological polar surface area (TPSA) is 59.4 Å². The molecule has 1 unspecified atom stereocenters. The summed E-state index contributed by atoms with van der Waals surface area (Å²) in [5, 5.41) is 8.25. The SMILES string of the molecule is CCCCCN(CCCCC)CC(C)NC(=O)c1ccn(COc2c(Cl)cccc2Cl)n1. The molecule has 1 heterocycles. The Morgan fingerprint density at radius 3 is 2.31 bits per heavy atom. The highest BCUT2D eigenvalue weighted by Gasteiger charge is 2.16. The number of carbonyl (C=O) groups excluding carboxylic acids is 1. The Bertz CT molecular complexity index is 798. The van der Waals surface area contributed by atoms with Crippen LogP contribution < -0.4 is 10.1 Å². The van der Waals surface area contributed by atoms with Crippen LogP contribution in [0.3, 0.4) is 0 Å². The normalized spacial score (nSPS) is 12.2. The van der Waals surface area contributed by atoms with E-state index in [1.807, 2.05) is 6.92 Å². The highest BCUT2D eigenvalue weighted by molar-refractivity contribution is 6.37. The molecule has 0 radical (unpaired) electrons. The van der Waals surface area contributed by atoms with E-state index in [0.29, 0.717) is 21.5 Å². The predicted octanol–water partition coefficient (Wildman–Crippen LogP) is 6.03. The summed E-state index contributed by atoms with van der Waals surface area (Å²) in [6, 6.07) is 6.89.